The van der Waals surface area contributed by atoms with Crippen molar-refractivity contribution in [3.63, 3.8) is 0 Å². The number of benzene rings is 1. The molecule has 1 rings (SSSR count). The molecule has 1 aromatic rings. The van der Waals surface area contributed by atoms with Crippen LogP contribution in [0.1, 0.15) is 31.4 Å². The van der Waals surface area contributed by atoms with Crippen LogP contribution in [0.2, 0.25) is 0 Å². The van der Waals surface area contributed by atoms with Crippen molar-refractivity contribution in [3.05, 3.63) is 33.8 Å². The summed E-state index contributed by atoms with van der Waals surface area (Å²) in [5.74, 6) is -1.17. The Bertz CT molecular complexity index is 328. The third-order valence-electron chi connectivity index (χ3n) is 2.05. The highest BCUT2D eigenvalue weighted by Gasteiger charge is 2.17. The summed E-state index contributed by atoms with van der Waals surface area (Å²) < 4.78 is 27.0. The molecule has 0 spiro atoms. The molecule has 4 heteroatoms. The van der Waals surface area contributed by atoms with Gasteiger partial charge < -0.3 is 5.73 Å². The van der Waals surface area contributed by atoms with E-state index in [-0.39, 0.29) is 10.0 Å². The van der Waals surface area contributed by atoms with E-state index in [0.717, 1.165) is 6.42 Å². The van der Waals surface area contributed by atoms with E-state index >= 15 is 0 Å². The summed E-state index contributed by atoms with van der Waals surface area (Å²) in [6, 6.07) is 1.99. The first-order chi connectivity index (χ1) is 6.57. The molecule has 1 atom stereocenters. The summed E-state index contributed by atoms with van der Waals surface area (Å²) >= 11 is 3.00. The average molecular weight is 264 g/mol. The minimum Gasteiger partial charge on any atom is -0.324 e. The Kier molecular flexibility index (Phi) is 4.01. The summed E-state index contributed by atoms with van der Waals surface area (Å²) in [6.45, 7) is 1.92. The molecule has 0 radical (unpaired) electrons. The largest absolute Gasteiger partial charge is 0.324 e. The van der Waals surface area contributed by atoms with Crippen molar-refractivity contribution in [2.75, 3.05) is 0 Å². The zero-order chi connectivity index (χ0) is 10.7. The maximum Gasteiger partial charge on any atom is 0.145 e. The zero-order valence-electron chi connectivity index (χ0n) is 7.86. The normalized spacial score (nSPS) is 12.9. The van der Waals surface area contributed by atoms with E-state index in [1.54, 1.807) is 0 Å². The van der Waals surface area contributed by atoms with Crippen LogP contribution >= 0.6 is 15.9 Å². The van der Waals surface area contributed by atoms with Gasteiger partial charge in [-0.25, -0.2) is 8.78 Å². The number of halogens is 3. The Hall–Kier alpha value is -0.480. The van der Waals surface area contributed by atoms with E-state index in [4.69, 9.17) is 5.73 Å². The molecule has 0 bridgehead atoms. The van der Waals surface area contributed by atoms with Gasteiger partial charge in [-0.3, -0.25) is 0 Å². The Balaban J connectivity index is 3.11. The van der Waals surface area contributed by atoms with Gasteiger partial charge in [0.1, 0.15) is 11.6 Å². The lowest BCUT2D eigenvalue weighted by molar-refractivity contribution is 0.506. The molecule has 0 aliphatic heterocycles. The fraction of sp³-hybridized carbons (Fsp3) is 0.400. The minimum atomic E-state index is -0.592. The van der Waals surface area contributed by atoms with Crippen LogP contribution in [0.5, 0.6) is 0 Å². The van der Waals surface area contributed by atoms with E-state index in [2.05, 4.69) is 15.9 Å². The Morgan fingerprint density at radius 1 is 1.43 bits per heavy atom. The van der Waals surface area contributed by atoms with Crippen molar-refractivity contribution in [2.24, 2.45) is 5.73 Å². The Morgan fingerprint density at radius 3 is 2.64 bits per heavy atom. The Morgan fingerprint density at radius 2 is 2.07 bits per heavy atom. The first-order valence-corrected chi connectivity index (χ1v) is 5.26. The molecule has 14 heavy (non-hydrogen) atoms. The third-order valence-corrected chi connectivity index (χ3v) is 2.66. The molecular formula is C10H12BrF2N. The van der Waals surface area contributed by atoms with Crippen LogP contribution in [0.15, 0.2) is 16.6 Å². The fourth-order valence-corrected chi connectivity index (χ4v) is 1.68. The SMILES string of the molecule is CCC[C@H](N)c1c(F)ccc(Br)c1F. The molecule has 1 aromatic carbocycles. The zero-order valence-corrected chi connectivity index (χ0v) is 9.44. The predicted octanol–water partition coefficient (Wildman–Crippen LogP) is 3.53. The highest BCUT2D eigenvalue weighted by molar-refractivity contribution is 9.10. The highest BCUT2D eigenvalue weighted by atomic mass is 79.9. The van der Waals surface area contributed by atoms with Crippen molar-refractivity contribution < 1.29 is 8.78 Å². The van der Waals surface area contributed by atoms with Gasteiger partial charge in [0.25, 0.3) is 0 Å². The van der Waals surface area contributed by atoms with Crippen LogP contribution in [-0.4, -0.2) is 0 Å². The number of rotatable bonds is 3. The van der Waals surface area contributed by atoms with Gasteiger partial charge in [0, 0.05) is 11.6 Å². The second-order valence-electron chi connectivity index (χ2n) is 3.15. The van der Waals surface area contributed by atoms with E-state index in [9.17, 15) is 8.78 Å². The maximum atomic E-state index is 13.5. The van der Waals surface area contributed by atoms with Crippen LogP contribution in [0.3, 0.4) is 0 Å². The van der Waals surface area contributed by atoms with Gasteiger partial charge in [-0.2, -0.15) is 0 Å². The first kappa shape index (κ1) is 11.6. The topological polar surface area (TPSA) is 26.0 Å². The van der Waals surface area contributed by atoms with Crippen molar-refractivity contribution in [2.45, 2.75) is 25.8 Å². The van der Waals surface area contributed by atoms with E-state index in [0.29, 0.717) is 6.42 Å². The number of hydrogen-bond donors (Lipinski definition) is 1. The molecule has 78 valence electrons. The van der Waals surface area contributed by atoms with Gasteiger partial charge in [0.15, 0.2) is 0 Å². The highest BCUT2D eigenvalue weighted by Crippen LogP contribution is 2.27. The van der Waals surface area contributed by atoms with Crippen LogP contribution in [-0.2, 0) is 0 Å². The number of nitrogens with two attached hydrogens (primary N) is 1. The van der Waals surface area contributed by atoms with Crippen LogP contribution in [0, 0.1) is 11.6 Å². The lowest BCUT2D eigenvalue weighted by Gasteiger charge is -2.13. The second-order valence-corrected chi connectivity index (χ2v) is 4.01. The molecule has 1 nitrogen and oxygen atoms in total. The quantitative estimate of drug-likeness (QED) is 0.830. The first-order valence-electron chi connectivity index (χ1n) is 4.46. The molecule has 0 aromatic heterocycles. The maximum absolute atomic E-state index is 13.5. The summed E-state index contributed by atoms with van der Waals surface area (Å²) in [5, 5.41) is 0. The van der Waals surface area contributed by atoms with Crippen molar-refractivity contribution >= 4 is 15.9 Å². The third kappa shape index (κ3) is 2.30. The lowest BCUT2D eigenvalue weighted by atomic mass is 10.0. The Labute approximate surface area is 90.4 Å². The summed E-state index contributed by atoms with van der Waals surface area (Å²) in [4.78, 5) is 0. The standard InChI is InChI=1S/C10H12BrF2N/c1-2-3-8(14)9-7(12)5-4-6(11)10(9)13/h4-5,8H,2-3,14H2,1H3/t8-/m0/s1. The second kappa shape index (κ2) is 4.84. The van der Waals surface area contributed by atoms with E-state index in [1.807, 2.05) is 6.92 Å². The molecule has 0 aliphatic carbocycles. The fourth-order valence-electron chi connectivity index (χ4n) is 1.34. The van der Waals surface area contributed by atoms with Gasteiger partial charge >= 0.3 is 0 Å². The van der Waals surface area contributed by atoms with Gasteiger partial charge in [-0.05, 0) is 34.5 Å². The van der Waals surface area contributed by atoms with Crippen LogP contribution in [0.25, 0.3) is 0 Å². The number of hydrogen-bond acceptors (Lipinski definition) is 1. The molecule has 2 N–H and O–H groups in total. The summed E-state index contributed by atoms with van der Waals surface area (Å²) in [6.07, 6.45) is 1.37. The molecule has 0 saturated carbocycles. The van der Waals surface area contributed by atoms with Gasteiger partial charge in [-0.15, -0.1) is 0 Å². The predicted molar refractivity (Wildman–Crippen MR) is 55.9 cm³/mol. The van der Waals surface area contributed by atoms with E-state index in [1.165, 1.54) is 12.1 Å². The van der Waals surface area contributed by atoms with Crippen LogP contribution < -0.4 is 5.73 Å². The molecule has 0 saturated heterocycles. The lowest BCUT2D eigenvalue weighted by Crippen LogP contribution is -2.14. The molecule has 0 aliphatic rings. The smallest absolute Gasteiger partial charge is 0.145 e. The van der Waals surface area contributed by atoms with Crippen LogP contribution in [0.4, 0.5) is 8.78 Å². The molecule has 0 amide bonds. The monoisotopic (exact) mass is 263 g/mol. The van der Waals surface area contributed by atoms with Gasteiger partial charge in [0.2, 0.25) is 0 Å². The average Bonchev–Trinajstić information content (AvgIpc) is 2.13. The van der Waals surface area contributed by atoms with Crippen molar-refractivity contribution in [1.29, 1.82) is 0 Å². The molecular weight excluding hydrogens is 252 g/mol. The van der Waals surface area contributed by atoms with Crippen molar-refractivity contribution in [1.82, 2.24) is 0 Å². The molecule has 0 fully saturated rings. The molecule has 0 heterocycles. The van der Waals surface area contributed by atoms with Gasteiger partial charge in [-0.1, -0.05) is 13.3 Å². The summed E-state index contributed by atoms with van der Waals surface area (Å²) in [5.41, 5.74) is 5.65. The van der Waals surface area contributed by atoms with Crippen molar-refractivity contribution in [3.8, 4) is 0 Å². The van der Waals surface area contributed by atoms with Gasteiger partial charge in [0.05, 0.1) is 4.47 Å². The molecule has 0 unspecified atom stereocenters. The minimum absolute atomic E-state index is 0.0266. The van der Waals surface area contributed by atoms with E-state index < -0.39 is 17.7 Å². The summed E-state index contributed by atoms with van der Waals surface area (Å²) in [7, 11) is 0.